The fraction of sp³-hybridized carbons (Fsp3) is 0.250. The van der Waals surface area contributed by atoms with E-state index in [4.69, 9.17) is 4.74 Å². The molecule has 0 N–H and O–H groups in total. The molecule has 0 aliphatic rings. The van der Waals surface area contributed by atoms with Gasteiger partial charge in [-0.15, -0.1) is 0 Å². The molecule has 0 unspecified atom stereocenters. The van der Waals surface area contributed by atoms with E-state index in [0.29, 0.717) is 19.4 Å². The van der Waals surface area contributed by atoms with Crippen molar-refractivity contribution in [2.24, 2.45) is 0 Å². The maximum Gasteiger partial charge on any atom is 0.261 e. The molecule has 1 aromatic heterocycles. The predicted molar refractivity (Wildman–Crippen MR) is 78.0 cm³/mol. The summed E-state index contributed by atoms with van der Waals surface area (Å²) in [5.41, 5.74) is 1.70. The van der Waals surface area contributed by atoms with Crippen molar-refractivity contribution >= 4 is 6.29 Å². The molecule has 0 aliphatic carbocycles. The van der Waals surface area contributed by atoms with E-state index in [0.717, 1.165) is 17.7 Å². The van der Waals surface area contributed by atoms with Gasteiger partial charge in [-0.05, 0) is 24.1 Å². The highest BCUT2D eigenvalue weighted by Crippen LogP contribution is 2.18. The van der Waals surface area contributed by atoms with Crippen LogP contribution in [0.3, 0.4) is 0 Å². The summed E-state index contributed by atoms with van der Waals surface area (Å²) in [6.07, 6.45) is 1.32. The van der Waals surface area contributed by atoms with Crippen LogP contribution < -0.4 is 5.56 Å². The molecule has 0 amide bonds. The Morgan fingerprint density at radius 2 is 1.90 bits per heavy atom. The molecule has 0 aliphatic heterocycles. The standard InChI is InChI=1S/C16H17NO3/c1-20-11-5-10-17-15(13-6-3-2-4-7-13)9-8-14(12-18)16(17)19/h2-4,6-9,12H,5,10-11H2,1H3. The predicted octanol–water partition coefficient (Wildman–Crippen LogP) is 2.36. The molecule has 0 atom stereocenters. The highest BCUT2D eigenvalue weighted by molar-refractivity contribution is 5.75. The van der Waals surface area contributed by atoms with E-state index in [1.54, 1.807) is 17.7 Å². The molecule has 20 heavy (non-hydrogen) atoms. The minimum Gasteiger partial charge on any atom is -0.385 e. The van der Waals surface area contributed by atoms with Crippen molar-refractivity contribution in [1.82, 2.24) is 4.57 Å². The van der Waals surface area contributed by atoms with Gasteiger partial charge in [-0.2, -0.15) is 0 Å². The number of benzene rings is 1. The number of methoxy groups -OCH3 is 1. The topological polar surface area (TPSA) is 48.3 Å². The zero-order chi connectivity index (χ0) is 14.4. The Hall–Kier alpha value is -2.20. The van der Waals surface area contributed by atoms with Crippen molar-refractivity contribution in [1.29, 1.82) is 0 Å². The van der Waals surface area contributed by atoms with Gasteiger partial charge < -0.3 is 9.30 Å². The Morgan fingerprint density at radius 1 is 1.15 bits per heavy atom. The van der Waals surface area contributed by atoms with Crippen LogP contribution in [0, 0.1) is 0 Å². The summed E-state index contributed by atoms with van der Waals surface area (Å²) >= 11 is 0. The van der Waals surface area contributed by atoms with E-state index in [-0.39, 0.29) is 11.1 Å². The van der Waals surface area contributed by atoms with E-state index < -0.39 is 0 Å². The Labute approximate surface area is 117 Å². The third kappa shape index (κ3) is 3.03. The molecule has 2 aromatic rings. The first-order valence-electron chi connectivity index (χ1n) is 6.51. The van der Waals surface area contributed by atoms with Gasteiger partial charge in [0.15, 0.2) is 6.29 Å². The van der Waals surface area contributed by atoms with Crippen LogP contribution in [0.15, 0.2) is 47.3 Å². The highest BCUT2D eigenvalue weighted by atomic mass is 16.5. The van der Waals surface area contributed by atoms with Gasteiger partial charge in [-0.25, -0.2) is 0 Å². The summed E-state index contributed by atoms with van der Waals surface area (Å²) < 4.78 is 6.66. The van der Waals surface area contributed by atoms with Crippen LogP contribution in [0.2, 0.25) is 0 Å². The van der Waals surface area contributed by atoms with Gasteiger partial charge in [0.05, 0.1) is 11.3 Å². The molecule has 4 heteroatoms. The van der Waals surface area contributed by atoms with Gasteiger partial charge >= 0.3 is 0 Å². The lowest BCUT2D eigenvalue weighted by Gasteiger charge is -2.13. The smallest absolute Gasteiger partial charge is 0.261 e. The number of carbonyl (C=O) groups is 1. The summed E-state index contributed by atoms with van der Waals surface area (Å²) in [5.74, 6) is 0. The van der Waals surface area contributed by atoms with Crippen molar-refractivity contribution in [2.45, 2.75) is 13.0 Å². The second-order valence-corrected chi connectivity index (χ2v) is 4.46. The number of hydrogen-bond donors (Lipinski definition) is 0. The summed E-state index contributed by atoms with van der Waals surface area (Å²) in [6, 6.07) is 13.1. The Balaban J connectivity index is 2.48. The summed E-state index contributed by atoms with van der Waals surface area (Å²) in [5, 5.41) is 0. The second-order valence-electron chi connectivity index (χ2n) is 4.46. The van der Waals surface area contributed by atoms with Gasteiger partial charge in [0.25, 0.3) is 5.56 Å². The molecule has 0 bridgehead atoms. The van der Waals surface area contributed by atoms with Crippen molar-refractivity contribution in [3.05, 3.63) is 58.4 Å². The third-order valence-corrected chi connectivity index (χ3v) is 3.13. The van der Waals surface area contributed by atoms with Crippen molar-refractivity contribution in [3.63, 3.8) is 0 Å². The van der Waals surface area contributed by atoms with Gasteiger partial charge in [0.2, 0.25) is 0 Å². The summed E-state index contributed by atoms with van der Waals surface area (Å²) in [6.45, 7) is 1.10. The molecular weight excluding hydrogens is 254 g/mol. The number of hydrogen-bond acceptors (Lipinski definition) is 3. The average molecular weight is 271 g/mol. The van der Waals surface area contributed by atoms with E-state index in [1.165, 1.54) is 0 Å². The van der Waals surface area contributed by atoms with Crippen LogP contribution in [0.1, 0.15) is 16.8 Å². The van der Waals surface area contributed by atoms with Crippen LogP contribution in [0.25, 0.3) is 11.3 Å². The lowest BCUT2D eigenvalue weighted by molar-refractivity contribution is 0.112. The summed E-state index contributed by atoms with van der Waals surface area (Å²) in [7, 11) is 1.63. The molecule has 0 saturated carbocycles. The maximum atomic E-state index is 12.3. The highest BCUT2D eigenvalue weighted by Gasteiger charge is 2.09. The maximum absolute atomic E-state index is 12.3. The van der Waals surface area contributed by atoms with Crippen LogP contribution >= 0.6 is 0 Å². The fourth-order valence-corrected chi connectivity index (χ4v) is 2.13. The Kier molecular flexibility index (Phi) is 4.85. The molecule has 1 aromatic carbocycles. The number of aldehydes is 1. The zero-order valence-corrected chi connectivity index (χ0v) is 11.4. The first-order chi connectivity index (χ1) is 9.77. The molecule has 1 heterocycles. The van der Waals surface area contributed by atoms with Gasteiger partial charge in [-0.1, -0.05) is 30.3 Å². The SMILES string of the molecule is COCCCn1c(-c2ccccc2)ccc(C=O)c1=O. The lowest BCUT2D eigenvalue weighted by atomic mass is 10.1. The number of ether oxygens (including phenoxy) is 1. The molecule has 0 fully saturated rings. The number of nitrogens with zero attached hydrogens (tertiary/aromatic N) is 1. The molecular formula is C16H17NO3. The molecule has 0 saturated heterocycles. The zero-order valence-electron chi connectivity index (χ0n) is 11.4. The number of pyridine rings is 1. The van der Waals surface area contributed by atoms with Crippen molar-refractivity contribution in [3.8, 4) is 11.3 Å². The quantitative estimate of drug-likeness (QED) is 0.598. The first-order valence-corrected chi connectivity index (χ1v) is 6.51. The molecule has 2 rings (SSSR count). The van der Waals surface area contributed by atoms with Crippen molar-refractivity contribution in [2.75, 3.05) is 13.7 Å². The largest absolute Gasteiger partial charge is 0.385 e. The monoisotopic (exact) mass is 271 g/mol. The second kappa shape index (κ2) is 6.82. The van der Waals surface area contributed by atoms with Crippen LogP contribution in [0.5, 0.6) is 0 Å². The van der Waals surface area contributed by atoms with Crippen LogP contribution in [-0.2, 0) is 11.3 Å². The lowest BCUT2D eigenvalue weighted by Crippen LogP contribution is -2.25. The third-order valence-electron chi connectivity index (χ3n) is 3.13. The minimum absolute atomic E-state index is 0.182. The van der Waals surface area contributed by atoms with Crippen LogP contribution in [-0.4, -0.2) is 24.6 Å². The van der Waals surface area contributed by atoms with E-state index in [9.17, 15) is 9.59 Å². The van der Waals surface area contributed by atoms with E-state index >= 15 is 0 Å². The van der Waals surface area contributed by atoms with E-state index in [2.05, 4.69) is 0 Å². The minimum atomic E-state index is -0.252. The van der Waals surface area contributed by atoms with Gasteiger partial charge in [0.1, 0.15) is 0 Å². The number of aromatic nitrogens is 1. The van der Waals surface area contributed by atoms with Crippen LogP contribution in [0.4, 0.5) is 0 Å². The Bertz CT molecular complexity index is 632. The molecule has 104 valence electrons. The number of carbonyl (C=O) groups excluding carboxylic acids is 1. The summed E-state index contributed by atoms with van der Waals surface area (Å²) in [4.78, 5) is 23.2. The Morgan fingerprint density at radius 3 is 2.55 bits per heavy atom. The molecule has 0 spiro atoms. The fourth-order valence-electron chi connectivity index (χ4n) is 2.13. The van der Waals surface area contributed by atoms with Gasteiger partial charge in [0, 0.05) is 20.3 Å². The number of rotatable bonds is 6. The molecule has 0 radical (unpaired) electrons. The van der Waals surface area contributed by atoms with E-state index in [1.807, 2.05) is 36.4 Å². The first kappa shape index (κ1) is 14.2. The van der Waals surface area contributed by atoms with Gasteiger partial charge in [-0.3, -0.25) is 9.59 Å². The molecule has 4 nitrogen and oxygen atoms in total. The normalized spacial score (nSPS) is 10.4. The average Bonchev–Trinajstić information content (AvgIpc) is 2.50. The van der Waals surface area contributed by atoms with Crippen molar-refractivity contribution < 1.29 is 9.53 Å².